The van der Waals surface area contributed by atoms with Crippen LogP contribution in [0.15, 0.2) is 66.7 Å². The second-order valence-electron chi connectivity index (χ2n) is 8.97. The highest BCUT2D eigenvalue weighted by molar-refractivity contribution is 6.06. The molecule has 1 aliphatic rings. The first kappa shape index (κ1) is 25.0. The van der Waals surface area contributed by atoms with Crippen molar-refractivity contribution in [2.24, 2.45) is 0 Å². The van der Waals surface area contributed by atoms with E-state index in [1.54, 1.807) is 26.4 Å². The second kappa shape index (κ2) is 10.7. The van der Waals surface area contributed by atoms with E-state index < -0.39 is 10.9 Å². The summed E-state index contributed by atoms with van der Waals surface area (Å²) in [5, 5.41) is 11.7. The third-order valence-electron chi connectivity index (χ3n) is 6.64. The molecule has 8 nitrogen and oxygen atoms in total. The van der Waals surface area contributed by atoms with Crippen molar-refractivity contribution in [1.29, 1.82) is 0 Å². The molecule has 4 aromatic rings. The third kappa shape index (κ3) is 4.93. The van der Waals surface area contributed by atoms with Gasteiger partial charge in [0, 0.05) is 17.5 Å². The van der Waals surface area contributed by atoms with E-state index >= 15 is 0 Å². The number of fused-ring (bicyclic) bond motifs is 2. The molecule has 3 aromatic carbocycles. The molecule has 0 radical (unpaired) electrons. The lowest BCUT2D eigenvalue weighted by molar-refractivity contribution is -0.384. The zero-order chi connectivity index (χ0) is 26.6. The minimum absolute atomic E-state index is 0.0105. The number of hydrogen-bond donors (Lipinski definition) is 0. The van der Waals surface area contributed by atoms with E-state index in [9.17, 15) is 14.9 Å². The largest absolute Gasteiger partial charge is 0.493 e. The number of pyridine rings is 1. The Morgan fingerprint density at radius 2 is 1.76 bits per heavy atom. The molecule has 0 fully saturated rings. The van der Waals surface area contributed by atoms with Gasteiger partial charge in [-0.05, 0) is 77.9 Å². The van der Waals surface area contributed by atoms with Crippen LogP contribution in [0.3, 0.4) is 0 Å². The SMILES string of the molecule is COc1ccc(C=C2CCCc3c2nc2ccccc2c3C(=O)OCc2ccc([N+](=O)[O-])cc2)cc1OC. The molecule has 0 spiro atoms. The van der Waals surface area contributed by atoms with Gasteiger partial charge in [-0.3, -0.25) is 10.1 Å². The van der Waals surface area contributed by atoms with Crippen LogP contribution in [0, 0.1) is 10.1 Å². The van der Waals surface area contributed by atoms with Crippen LogP contribution in [0.1, 0.15) is 45.6 Å². The predicted molar refractivity (Wildman–Crippen MR) is 144 cm³/mol. The molecule has 0 unspecified atom stereocenters. The molecule has 0 bridgehead atoms. The van der Waals surface area contributed by atoms with Crippen LogP contribution in [-0.2, 0) is 17.8 Å². The van der Waals surface area contributed by atoms with E-state index in [0.29, 0.717) is 34.6 Å². The maximum atomic E-state index is 13.5. The Morgan fingerprint density at radius 1 is 1.00 bits per heavy atom. The zero-order valence-electron chi connectivity index (χ0n) is 21.1. The summed E-state index contributed by atoms with van der Waals surface area (Å²) in [7, 11) is 3.21. The van der Waals surface area contributed by atoms with Crippen molar-refractivity contribution < 1.29 is 23.9 Å². The molecule has 38 heavy (non-hydrogen) atoms. The minimum Gasteiger partial charge on any atom is -0.493 e. The van der Waals surface area contributed by atoms with Crippen molar-refractivity contribution in [3.05, 3.63) is 105 Å². The fourth-order valence-electron chi connectivity index (χ4n) is 4.79. The lowest BCUT2D eigenvalue weighted by atomic mass is 9.86. The Labute approximate surface area is 219 Å². The van der Waals surface area contributed by atoms with Gasteiger partial charge < -0.3 is 14.2 Å². The summed E-state index contributed by atoms with van der Waals surface area (Å²) in [5.74, 6) is 0.853. The molecular formula is C30H26N2O6. The average Bonchev–Trinajstić information content (AvgIpc) is 2.95. The van der Waals surface area contributed by atoms with E-state index in [1.807, 2.05) is 42.5 Å². The number of hydrogen-bond acceptors (Lipinski definition) is 7. The van der Waals surface area contributed by atoms with Crippen molar-refractivity contribution in [1.82, 2.24) is 4.98 Å². The molecule has 1 heterocycles. The highest BCUT2D eigenvalue weighted by atomic mass is 16.6. The number of nitro benzene ring substituents is 1. The minimum atomic E-state index is -0.460. The molecule has 0 saturated carbocycles. The highest BCUT2D eigenvalue weighted by Gasteiger charge is 2.26. The molecule has 1 aliphatic carbocycles. The van der Waals surface area contributed by atoms with Gasteiger partial charge in [0.2, 0.25) is 0 Å². The van der Waals surface area contributed by atoms with Gasteiger partial charge in [-0.25, -0.2) is 9.78 Å². The molecule has 0 saturated heterocycles. The van der Waals surface area contributed by atoms with Gasteiger partial charge in [0.15, 0.2) is 11.5 Å². The van der Waals surface area contributed by atoms with E-state index in [1.165, 1.54) is 12.1 Å². The van der Waals surface area contributed by atoms with Crippen molar-refractivity contribution in [3.63, 3.8) is 0 Å². The van der Waals surface area contributed by atoms with E-state index in [0.717, 1.165) is 40.6 Å². The van der Waals surface area contributed by atoms with Crippen LogP contribution in [0.2, 0.25) is 0 Å². The van der Waals surface area contributed by atoms with Crippen molar-refractivity contribution in [2.45, 2.75) is 25.9 Å². The summed E-state index contributed by atoms with van der Waals surface area (Å²) in [4.78, 5) is 28.9. The maximum Gasteiger partial charge on any atom is 0.339 e. The maximum absolute atomic E-state index is 13.5. The Morgan fingerprint density at radius 3 is 2.50 bits per heavy atom. The third-order valence-corrected chi connectivity index (χ3v) is 6.64. The summed E-state index contributed by atoms with van der Waals surface area (Å²) >= 11 is 0. The first-order valence-corrected chi connectivity index (χ1v) is 12.2. The van der Waals surface area contributed by atoms with Crippen LogP contribution >= 0.6 is 0 Å². The molecule has 192 valence electrons. The normalized spacial score (nSPS) is 13.7. The first-order valence-electron chi connectivity index (χ1n) is 12.2. The van der Waals surface area contributed by atoms with Crippen LogP contribution in [0.25, 0.3) is 22.6 Å². The van der Waals surface area contributed by atoms with Gasteiger partial charge in [0.1, 0.15) is 6.61 Å². The number of esters is 1. The smallest absolute Gasteiger partial charge is 0.339 e. The summed E-state index contributed by atoms with van der Waals surface area (Å²) in [5.41, 5.74) is 5.55. The predicted octanol–water partition coefficient (Wildman–Crippen LogP) is 6.39. The van der Waals surface area contributed by atoms with Gasteiger partial charge in [-0.2, -0.15) is 0 Å². The monoisotopic (exact) mass is 510 g/mol. The quantitative estimate of drug-likeness (QED) is 0.161. The van der Waals surface area contributed by atoms with E-state index in [2.05, 4.69) is 6.08 Å². The number of aromatic nitrogens is 1. The molecule has 1 aromatic heterocycles. The summed E-state index contributed by atoms with van der Waals surface area (Å²) in [6.07, 6.45) is 4.48. The number of nitrogens with zero attached hydrogens (tertiary/aromatic N) is 2. The fraction of sp³-hybridized carbons (Fsp3) is 0.200. The summed E-state index contributed by atoms with van der Waals surface area (Å²) < 4.78 is 16.5. The zero-order valence-corrected chi connectivity index (χ0v) is 21.1. The Hall–Kier alpha value is -4.72. The Balaban J connectivity index is 1.52. The number of carbonyl (C=O) groups is 1. The molecule has 0 N–H and O–H groups in total. The summed E-state index contributed by atoms with van der Waals surface area (Å²) in [6, 6.07) is 19.3. The van der Waals surface area contributed by atoms with E-state index in [-0.39, 0.29) is 12.3 Å². The molecular weight excluding hydrogens is 484 g/mol. The number of para-hydroxylation sites is 1. The number of methoxy groups -OCH3 is 2. The van der Waals surface area contributed by atoms with Gasteiger partial charge in [0.25, 0.3) is 5.69 Å². The van der Waals surface area contributed by atoms with E-state index in [4.69, 9.17) is 19.2 Å². The molecule has 0 amide bonds. The Bertz CT molecular complexity index is 1560. The lowest BCUT2D eigenvalue weighted by Crippen LogP contribution is -2.15. The van der Waals surface area contributed by atoms with Crippen LogP contribution < -0.4 is 9.47 Å². The number of nitro groups is 1. The number of benzene rings is 3. The number of ether oxygens (including phenoxy) is 3. The fourth-order valence-corrected chi connectivity index (χ4v) is 4.79. The number of allylic oxidation sites excluding steroid dienone is 1. The number of non-ortho nitro benzene ring substituents is 1. The molecule has 8 heteroatoms. The Kier molecular flexibility index (Phi) is 7.04. The first-order chi connectivity index (χ1) is 18.5. The summed E-state index contributed by atoms with van der Waals surface area (Å²) in [6.45, 7) is 0.0105. The lowest BCUT2D eigenvalue weighted by Gasteiger charge is -2.22. The van der Waals surface area contributed by atoms with Gasteiger partial charge >= 0.3 is 5.97 Å². The van der Waals surface area contributed by atoms with Crippen LogP contribution in [0.5, 0.6) is 11.5 Å². The standard InChI is InChI=1S/C30H26N2O6/c1-36-26-15-12-20(17-27(26)37-2)16-21-6-5-8-24-28(23-7-3-4-9-25(23)31-29(21)24)30(33)38-18-19-10-13-22(14-11-19)32(34)35/h3-4,7,9-17H,5-6,8,18H2,1-2H3. The van der Waals surface area contributed by atoms with Gasteiger partial charge in [-0.15, -0.1) is 0 Å². The van der Waals surface area contributed by atoms with Crippen molar-refractivity contribution >= 4 is 34.2 Å². The second-order valence-corrected chi connectivity index (χ2v) is 8.97. The number of rotatable bonds is 7. The molecule has 5 rings (SSSR count). The number of carbonyl (C=O) groups excluding carboxylic acids is 1. The van der Waals surface area contributed by atoms with Gasteiger partial charge in [0.05, 0.1) is 35.9 Å². The molecule has 0 aliphatic heterocycles. The van der Waals surface area contributed by atoms with Crippen LogP contribution in [-0.4, -0.2) is 30.1 Å². The average molecular weight is 511 g/mol. The van der Waals surface area contributed by atoms with Crippen molar-refractivity contribution in [3.8, 4) is 11.5 Å². The molecule has 0 atom stereocenters. The van der Waals surface area contributed by atoms with Gasteiger partial charge in [-0.1, -0.05) is 24.3 Å². The van der Waals surface area contributed by atoms with Crippen LogP contribution in [0.4, 0.5) is 5.69 Å². The highest BCUT2D eigenvalue weighted by Crippen LogP contribution is 2.37. The van der Waals surface area contributed by atoms with Crippen molar-refractivity contribution in [2.75, 3.05) is 14.2 Å². The topological polar surface area (TPSA) is 101 Å².